The summed E-state index contributed by atoms with van der Waals surface area (Å²) < 4.78 is 7.25. The summed E-state index contributed by atoms with van der Waals surface area (Å²) in [5.74, 6) is 6.20. The molecule has 1 heteroatoms. The number of hydrogen-bond donors (Lipinski definition) is 0. The van der Waals surface area contributed by atoms with Gasteiger partial charge < -0.3 is 4.74 Å². The first-order valence-corrected chi connectivity index (χ1v) is 9.88. The molecule has 21 heavy (non-hydrogen) atoms. The third kappa shape index (κ3) is 1.79. The SMILES string of the molecule is C1C2CC3CC1CC(OC14CC5CC(CC(C5)C1)C4)(C2)C3. The quantitative estimate of drug-likeness (QED) is 0.698. The average Bonchev–Trinajstić information content (AvgIpc) is 2.33. The van der Waals surface area contributed by atoms with Gasteiger partial charge in [0.25, 0.3) is 0 Å². The molecule has 116 valence electrons. The second kappa shape index (κ2) is 3.89. The molecule has 0 aromatic carbocycles. The van der Waals surface area contributed by atoms with Crippen molar-refractivity contribution in [1.29, 1.82) is 0 Å². The van der Waals surface area contributed by atoms with Crippen LogP contribution in [0.25, 0.3) is 0 Å². The Kier molecular flexibility index (Phi) is 2.29. The first-order chi connectivity index (χ1) is 10.2. The molecule has 0 unspecified atom stereocenters. The fraction of sp³-hybridized carbons (Fsp3) is 1.00. The zero-order chi connectivity index (χ0) is 13.7. The molecular weight excluding hydrogens is 256 g/mol. The van der Waals surface area contributed by atoms with Crippen LogP contribution in [0.1, 0.15) is 77.0 Å². The zero-order valence-corrected chi connectivity index (χ0v) is 13.4. The van der Waals surface area contributed by atoms with Gasteiger partial charge >= 0.3 is 0 Å². The van der Waals surface area contributed by atoms with E-state index in [0.717, 1.165) is 35.5 Å². The largest absolute Gasteiger partial charge is 0.368 e. The van der Waals surface area contributed by atoms with E-state index in [0.29, 0.717) is 11.2 Å². The number of hydrogen-bond acceptors (Lipinski definition) is 1. The van der Waals surface area contributed by atoms with Gasteiger partial charge in [0.15, 0.2) is 0 Å². The molecular formula is C20H30O. The Morgan fingerprint density at radius 3 is 0.905 bits per heavy atom. The van der Waals surface area contributed by atoms with Gasteiger partial charge in [-0.3, -0.25) is 0 Å². The maximum Gasteiger partial charge on any atom is 0.0698 e. The van der Waals surface area contributed by atoms with Gasteiger partial charge in [-0.25, -0.2) is 0 Å². The first-order valence-electron chi connectivity index (χ1n) is 9.88. The molecule has 0 spiro atoms. The Bertz CT molecular complexity index is 352. The predicted molar refractivity (Wildman–Crippen MR) is 82.9 cm³/mol. The standard InChI is InChI=1S/C20H30O/c1-13-2-15-3-14(1)8-19(7-13,9-15)21-20-10-16-4-17(11-20)6-18(5-16)12-20/h13-18H,1-12H2. The minimum absolute atomic E-state index is 0.348. The van der Waals surface area contributed by atoms with Gasteiger partial charge in [0.2, 0.25) is 0 Å². The van der Waals surface area contributed by atoms with E-state index < -0.39 is 0 Å². The Hall–Kier alpha value is -0.0400. The molecule has 8 aliphatic rings. The van der Waals surface area contributed by atoms with Crippen LogP contribution < -0.4 is 0 Å². The van der Waals surface area contributed by atoms with Crippen molar-refractivity contribution in [2.75, 3.05) is 0 Å². The molecule has 0 N–H and O–H groups in total. The first kappa shape index (κ1) is 12.4. The summed E-state index contributed by atoms with van der Waals surface area (Å²) >= 11 is 0. The Labute approximate surface area is 129 Å². The van der Waals surface area contributed by atoms with Crippen molar-refractivity contribution >= 4 is 0 Å². The lowest BCUT2D eigenvalue weighted by molar-refractivity contribution is -0.265. The lowest BCUT2D eigenvalue weighted by Gasteiger charge is -2.63. The van der Waals surface area contributed by atoms with Crippen LogP contribution in [0.15, 0.2) is 0 Å². The van der Waals surface area contributed by atoms with Gasteiger partial charge in [-0.05, 0) is 113 Å². The van der Waals surface area contributed by atoms with E-state index in [2.05, 4.69) is 0 Å². The van der Waals surface area contributed by atoms with Crippen molar-refractivity contribution in [2.45, 2.75) is 88.3 Å². The Morgan fingerprint density at radius 2 is 0.667 bits per heavy atom. The smallest absolute Gasteiger partial charge is 0.0698 e. The van der Waals surface area contributed by atoms with Crippen molar-refractivity contribution in [3.63, 3.8) is 0 Å². The van der Waals surface area contributed by atoms with Crippen LogP contribution in [0.3, 0.4) is 0 Å². The second-order valence-corrected chi connectivity index (χ2v) is 10.3. The van der Waals surface area contributed by atoms with Crippen molar-refractivity contribution in [1.82, 2.24) is 0 Å². The fourth-order valence-corrected chi connectivity index (χ4v) is 8.77. The van der Waals surface area contributed by atoms with Crippen LogP contribution >= 0.6 is 0 Å². The van der Waals surface area contributed by atoms with Gasteiger partial charge in [0.05, 0.1) is 11.2 Å². The summed E-state index contributed by atoms with van der Waals surface area (Å²) in [7, 11) is 0. The highest BCUT2D eigenvalue weighted by Gasteiger charge is 2.58. The van der Waals surface area contributed by atoms with E-state index in [9.17, 15) is 0 Å². The maximum atomic E-state index is 7.25. The predicted octanol–water partition coefficient (Wildman–Crippen LogP) is 4.94. The molecule has 0 heterocycles. The van der Waals surface area contributed by atoms with E-state index in [4.69, 9.17) is 4.74 Å². The monoisotopic (exact) mass is 286 g/mol. The highest BCUT2D eigenvalue weighted by molar-refractivity contribution is 5.08. The van der Waals surface area contributed by atoms with Gasteiger partial charge in [-0.15, -0.1) is 0 Å². The van der Waals surface area contributed by atoms with Crippen LogP contribution in [-0.4, -0.2) is 11.2 Å². The normalized spacial score (nSPS) is 63.4. The van der Waals surface area contributed by atoms with E-state index >= 15 is 0 Å². The van der Waals surface area contributed by atoms with Crippen molar-refractivity contribution in [3.8, 4) is 0 Å². The molecule has 8 fully saturated rings. The lowest BCUT2D eigenvalue weighted by atomic mass is 9.52. The Balaban J connectivity index is 1.31. The molecule has 8 rings (SSSR count). The van der Waals surface area contributed by atoms with E-state index in [1.54, 1.807) is 38.5 Å². The number of rotatable bonds is 2. The third-order valence-electron chi connectivity index (χ3n) is 8.40. The summed E-state index contributed by atoms with van der Waals surface area (Å²) in [6.45, 7) is 0. The van der Waals surface area contributed by atoms with Crippen molar-refractivity contribution in [2.24, 2.45) is 35.5 Å². The molecule has 8 saturated carbocycles. The van der Waals surface area contributed by atoms with Crippen LogP contribution in [0.4, 0.5) is 0 Å². The molecule has 0 amide bonds. The van der Waals surface area contributed by atoms with Crippen LogP contribution in [0.2, 0.25) is 0 Å². The minimum atomic E-state index is 0.348. The summed E-state index contributed by atoms with van der Waals surface area (Å²) in [6, 6.07) is 0. The van der Waals surface area contributed by atoms with Crippen LogP contribution in [0, 0.1) is 35.5 Å². The Morgan fingerprint density at radius 1 is 0.429 bits per heavy atom. The fourth-order valence-electron chi connectivity index (χ4n) is 8.77. The molecule has 0 saturated heterocycles. The molecule has 1 nitrogen and oxygen atoms in total. The van der Waals surface area contributed by atoms with E-state index in [-0.39, 0.29) is 0 Å². The molecule has 8 bridgehead atoms. The lowest BCUT2D eigenvalue weighted by Crippen LogP contribution is -2.60. The summed E-state index contributed by atoms with van der Waals surface area (Å²) in [4.78, 5) is 0. The summed E-state index contributed by atoms with van der Waals surface area (Å²) in [5, 5.41) is 0. The molecule has 0 aromatic heterocycles. The van der Waals surface area contributed by atoms with Gasteiger partial charge in [-0.1, -0.05) is 0 Å². The third-order valence-corrected chi connectivity index (χ3v) is 8.40. The summed E-state index contributed by atoms with van der Waals surface area (Å²) in [6.07, 6.45) is 17.9. The average molecular weight is 286 g/mol. The molecule has 0 aromatic rings. The van der Waals surface area contributed by atoms with Gasteiger partial charge in [0.1, 0.15) is 0 Å². The molecule has 8 aliphatic carbocycles. The van der Waals surface area contributed by atoms with Crippen LogP contribution in [-0.2, 0) is 4.74 Å². The topological polar surface area (TPSA) is 9.23 Å². The van der Waals surface area contributed by atoms with E-state index in [1.807, 2.05) is 0 Å². The van der Waals surface area contributed by atoms with Gasteiger partial charge in [-0.2, -0.15) is 0 Å². The second-order valence-electron chi connectivity index (χ2n) is 10.3. The summed E-state index contributed by atoms with van der Waals surface area (Å²) in [5.41, 5.74) is 0.695. The molecule has 0 atom stereocenters. The van der Waals surface area contributed by atoms with Crippen LogP contribution in [0.5, 0.6) is 0 Å². The zero-order valence-electron chi connectivity index (χ0n) is 13.4. The molecule has 0 aliphatic heterocycles. The molecule has 0 radical (unpaired) electrons. The minimum Gasteiger partial charge on any atom is -0.368 e. The van der Waals surface area contributed by atoms with Crippen molar-refractivity contribution in [3.05, 3.63) is 0 Å². The maximum absolute atomic E-state index is 7.25. The highest BCUT2D eigenvalue weighted by atomic mass is 16.5. The van der Waals surface area contributed by atoms with Crippen molar-refractivity contribution < 1.29 is 4.74 Å². The number of ether oxygens (including phenoxy) is 1. The van der Waals surface area contributed by atoms with E-state index in [1.165, 1.54) is 38.5 Å². The highest BCUT2D eigenvalue weighted by Crippen LogP contribution is 2.63. The van der Waals surface area contributed by atoms with Gasteiger partial charge in [0, 0.05) is 0 Å².